The number of hydrogen-bond donors (Lipinski definition) is 1. The molecule has 0 fully saturated rings. The second-order valence-electron chi connectivity index (χ2n) is 5.47. The molecular weight excluding hydrogens is 302 g/mol. The number of rotatable bonds is 8. The van der Waals surface area contributed by atoms with Crippen LogP contribution in [0.15, 0.2) is 22.7 Å². The van der Waals surface area contributed by atoms with Gasteiger partial charge < -0.3 is 10.1 Å². The summed E-state index contributed by atoms with van der Waals surface area (Å²) in [5.41, 5.74) is 1.54. The van der Waals surface area contributed by atoms with Gasteiger partial charge in [0.25, 0.3) is 0 Å². The highest BCUT2D eigenvalue weighted by molar-refractivity contribution is 9.10. The summed E-state index contributed by atoms with van der Waals surface area (Å²) >= 11 is 3.55. The van der Waals surface area contributed by atoms with Crippen molar-refractivity contribution >= 4 is 15.9 Å². The van der Waals surface area contributed by atoms with Gasteiger partial charge in [0.05, 0.1) is 7.11 Å². The molecule has 0 aliphatic heterocycles. The van der Waals surface area contributed by atoms with Crippen LogP contribution < -0.4 is 10.1 Å². The fraction of sp³-hybridized carbons (Fsp3) is 0.625. The lowest BCUT2D eigenvalue weighted by molar-refractivity contribution is 0.286. The predicted molar refractivity (Wildman–Crippen MR) is 86.0 cm³/mol. The summed E-state index contributed by atoms with van der Waals surface area (Å²) in [5, 5.41) is 3.55. The maximum atomic E-state index is 5.48. The van der Waals surface area contributed by atoms with Crippen molar-refractivity contribution < 1.29 is 4.74 Å². The average molecular weight is 328 g/mol. The zero-order valence-corrected chi connectivity index (χ0v) is 14.1. The Balaban J connectivity index is 2.81. The standard InChI is InChI=1S/C16H26BrNO/c1-5-9-18-12-16(3,6-2)11-13-10-14(17)7-8-15(13)19-4/h7-8,10,18H,5-6,9,11-12H2,1-4H3. The first-order valence-electron chi connectivity index (χ1n) is 7.07. The van der Waals surface area contributed by atoms with Crippen LogP contribution >= 0.6 is 15.9 Å². The SMILES string of the molecule is CCCNCC(C)(CC)Cc1cc(Br)ccc1OC. The van der Waals surface area contributed by atoms with Gasteiger partial charge in [-0.1, -0.05) is 36.7 Å². The number of hydrogen-bond acceptors (Lipinski definition) is 2. The lowest BCUT2D eigenvalue weighted by Gasteiger charge is -2.29. The fourth-order valence-corrected chi connectivity index (χ4v) is 2.63. The summed E-state index contributed by atoms with van der Waals surface area (Å²) in [6.45, 7) is 8.94. The van der Waals surface area contributed by atoms with E-state index in [4.69, 9.17) is 4.74 Å². The molecule has 0 spiro atoms. The summed E-state index contributed by atoms with van der Waals surface area (Å²) in [6, 6.07) is 6.24. The molecule has 0 saturated heterocycles. The Morgan fingerprint density at radius 3 is 2.63 bits per heavy atom. The van der Waals surface area contributed by atoms with Gasteiger partial charge in [-0.05, 0) is 55.0 Å². The van der Waals surface area contributed by atoms with E-state index < -0.39 is 0 Å². The fourth-order valence-electron chi connectivity index (χ4n) is 2.22. The van der Waals surface area contributed by atoms with Gasteiger partial charge in [0.2, 0.25) is 0 Å². The summed E-state index contributed by atoms with van der Waals surface area (Å²) in [4.78, 5) is 0. The first-order chi connectivity index (χ1) is 9.04. The molecule has 3 heteroatoms. The normalized spacial score (nSPS) is 14.2. The second kappa shape index (κ2) is 7.91. The Kier molecular flexibility index (Phi) is 6.87. The van der Waals surface area contributed by atoms with Crippen LogP contribution in [0.3, 0.4) is 0 Å². The van der Waals surface area contributed by atoms with Crippen molar-refractivity contribution in [3.8, 4) is 5.75 Å². The van der Waals surface area contributed by atoms with Crippen molar-refractivity contribution in [1.82, 2.24) is 5.32 Å². The Labute approximate surface area is 126 Å². The second-order valence-corrected chi connectivity index (χ2v) is 6.39. The van der Waals surface area contributed by atoms with Crippen LogP contribution in [-0.4, -0.2) is 20.2 Å². The van der Waals surface area contributed by atoms with Gasteiger partial charge in [-0.15, -0.1) is 0 Å². The van der Waals surface area contributed by atoms with E-state index in [0.29, 0.717) is 0 Å². The zero-order chi connectivity index (χ0) is 14.3. The van der Waals surface area contributed by atoms with Gasteiger partial charge in [-0.2, -0.15) is 0 Å². The highest BCUT2D eigenvalue weighted by Gasteiger charge is 2.23. The lowest BCUT2D eigenvalue weighted by atomic mass is 9.81. The van der Waals surface area contributed by atoms with E-state index in [1.165, 1.54) is 12.0 Å². The summed E-state index contributed by atoms with van der Waals surface area (Å²) < 4.78 is 6.59. The molecule has 0 radical (unpaired) electrons. The third-order valence-corrected chi connectivity index (χ3v) is 4.19. The molecule has 19 heavy (non-hydrogen) atoms. The van der Waals surface area contributed by atoms with Crippen molar-refractivity contribution in [2.75, 3.05) is 20.2 Å². The Morgan fingerprint density at radius 1 is 1.32 bits per heavy atom. The zero-order valence-electron chi connectivity index (χ0n) is 12.6. The van der Waals surface area contributed by atoms with E-state index in [1.54, 1.807) is 7.11 Å². The maximum Gasteiger partial charge on any atom is 0.122 e. The van der Waals surface area contributed by atoms with Gasteiger partial charge in [-0.25, -0.2) is 0 Å². The number of methoxy groups -OCH3 is 1. The van der Waals surface area contributed by atoms with Gasteiger partial charge in [-0.3, -0.25) is 0 Å². The van der Waals surface area contributed by atoms with Gasteiger partial charge in [0, 0.05) is 11.0 Å². The molecule has 0 saturated carbocycles. The molecule has 0 aromatic heterocycles. The smallest absolute Gasteiger partial charge is 0.122 e. The highest BCUT2D eigenvalue weighted by atomic mass is 79.9. The minimum atomic E-state index is 0.267. The van der Waals surface area contributed by atoms with Gasteiger partial charge in [0.1, 0.15) is 5.75 Å². The van der Waals surface area contributed by atoms with Crippen molar-refractivity contribution in [2.45, 2.75) is 40.0 Å². The van der Waals surface area contributed by atoms with Crippen LogP contribution in [0.1, 0.15) is 39.2 Å². The van der Waals surface area contributed by atoms with Gasteiger partial charge >= 0.3 is 0 Å². The van der Waals surface area contributed by atoms with Crippen molar-refractivity contribution in [3.63, 3.8) is 0 Å². The monoisotopic (exact) mass is 327 g/mol. The van der Waals surface area contributed by atoms with Crippen LogP contribution in [0, 0.1) is 5.41 Å². The van der Waals surface area contributed by atoms with E-state index in [-0.39, 0.29) is 5.41 Å². The summed E-state index contributed by atoms with van der Waals surface area (Å²) in [7, 11) is 1.74. The number of halogens is 1. The molecular formula is C16H26BrNO. The molecule has 1 rings (SSSR count). The first-order valence-corrected chi connectivity index (χ1v) is 7.87. The maximum absolute atomic E-state index is 5.48. The molecule has 0 aliphatic carbocycles. The van der Waals surface area contributed by atoms with Crippen molar-refractivity contribution in [2.24, 2.45) is 5.41 Å². The molecule has 108 valence electrons. The van der Waals surface area contributed by atoms with Crippen LogP contribution in [0.4, 0.5) is 0 Å². The van der Waals surface area contributed by atoms with Crippen LogP contribution in [-0.2, 0) is 6.42 Å². The predicted octanol–water partition coefficient (Wildman–Crippen LogP) is 4.42. The topological polar surface area (TPSA) is 21.3 Å². The molecule has 1 aromatic rings. The van der Waals surface area contributed by atoms with E-state index in [2.05, 4.69) is 48.1 Å². The van der Waals surface area contributed by atoms with E-state index in [1.807, 2.05) is 12.1 Å². The third-order valence-electron chi connectivity index (χ3n) is 3.69. The molecule has 0 bridgehead atoms. The molecule has 0 amide bonds. The van der Waals surface area contributed by atoms with Crippen LogP contribution in [0.5, 0.6) is 5.75 Å². The average Bonchev–Trinajstić information content (AvgIpc) is 2.39. The third kappa shape index (κ3) is 5.15. The number of ether oxygens (including phenoxy) is 1. The summed E-state index contributed by atoms with van der Waals surface area (Å²) in [5.74, 6) is 0.985. The number of benzene rings is 1. The van der Waals surface area contributed by atoms with Crippen molar-refractivity contribution in [1.29, 1.82) is 0 Å². The minimum Gasteiger partial charge on any atom is -0.496 e. The number of nitrogens with one attached hydrogen (secondary N) is 1. The Bertz CT molecular complexity index is 394. The van der Waals surface area contributed by atoms with Crippen LogP contribution in [0.2, 0.25) is 0 Å². The molecule has 0 aliphatic rings. The van der Waals surface area contributed by atoms with E-state index in [0.717, 1.165) is 36.2 Å². The Hall–Kier alpha value is -0.540. The molecule has 1 atom stereocenters. The molecule has 1 unspecified atom stereocenters. The molecule has 1 aromatic carbocycles. The Morgan fingerprint density at radius 2 is 2.05 bits per heavy atom. The van der Waals surface area contributed by atoms with Crippen LogP contribution in [0.25, 0.3) is 0 Å². The van der Waals surface area contributed by atoms with E-state index >= 15 is 0 Å². The van der Waals surface area contributed by atoms with E-state index in [9.17, 15) is 0 Å². The highest BCUT2D eigenvalue weighted by Crippen LogP contribution is 2.32. The quantitative estimate of drug-likeness (QED) is 0.714. The molecule has 1 N–H and O–H groups in total. The summed E-state index contributed by atoms with van der Waals surface area (Å²) in [6.07, 6.45) is 3.36. The first kappa shape index (κ1) is 16.5. The largest absolute Gasteiger partial charge is 0.496 e. The lowest BCUT2D eigenvalue weighted by Crippen LogP contribution is -2.33. The minimum absolute atomic E-state index is 0.267. The van der Waals surface area contributed by atoms with Gasteiger partial charge in [0.15, 0.2) is 0 Å². The van der Waals surface area contributed by atoms with Crippen molar-refractivity contribution in [3.05, 3.63) is 28.2 Å². The molecule has 2 nitrogen and oxygen atoms in total. The molecule has 0 heterocycles.